The molecular weight excluding hydrogens is 284 g/mol. The van der Waals surface area contributed by atoms with Crippen LogP contribution >= 0.6 is 15.9 Å². The van der Waals surface area contributed by atoms with Gasteiger partial charge < -0.3 is 4.90 Å². The zero-order valence-electron chi connectivity index (χ0n) is 8.81. The lowest BCUT2D eigenvalue weighted by atomic mass is 10.3. The topological polar surface area (TPSA) is 57.7 Å². The van der Waals surface area contributed by atoms with E-state index in [1.165, 1.54) is 10.6 Å². The van der Waals surface area contributed by atoms with E-state index in [0.717, 1.165) is 0 Å². The van der Waals surface area contributed by atoms with Crippen LogP contribution in [0.1, 0.15) is 6.92 Å². The summed E-state index contributed by atoms with van der Waals surface area (Å²) in [5.74, 6) is 0.0168. The van der Waals surface area contributed by atoms with E-state index in [4.69, 9.17) is 0 Å². The fourth-order valence-electron chi connectivity index (χ4n) is 1.49. The summed E-state index contributed by atoms with van der Waals surface area (Å²) >= 11 is 3.21. The first-order valence-electron chi connectivity index (χ1n) is 4.70. The van der Waals surface area contributed by atoms with E-state index in [0.29, 0.717) is 26.2 Å². The van der Waals surface area contributed by atoms with Crippen LogP contribution in [0.3, 0.4) is 0 Å². The minimum atomic E-state index is -3.11. The van der Waals surface area contributed by atoms with Crippen LogP contribution < -0.4 is 0 Å². The Morgan fingerprint density at radius 3 is 2.07 bits per heavy atom. The van der Waals surface area contributed by atoms with Crippen molar-refractivity contribution in [1.29, 1.82) is 0 Å². The number of alkyl halides is 1. The van der Waals surface area contributed by atoms with E-state index in [2.05, 4.69) is 15.9 Å². The molecule has 0 aromatic carbocycles. The number of rotatable bonds is 2. The number of carbonyl (C=O) groups is 1. The Labute approximate surface area is 98.6 Å². The molecule has 5 nitrogen and oxygen atoms in total. The normalized spacial score (nSPS) is 21.4. The van der Waals surface area contributed by atoms with Crippen LogP contribution in [0.2, 0.25) is 0 Å². The van der Waals surface area contributed by atoms with E-state index in [-0.39, 0.29) is 10.7 Å². The highest BCUT2D eigenvalue weighted by Gasteiger charge is 2.27. The van der Waals surface area contributed by atoms with Crippen molar-refractivity contribution in [2.75, 3.05) is 32.4 Å². The van der Waals surface area contributed by atoms with Gasteiger partial charge in [0.05, 0.1) is 11.1 Å². The Balaban J connectivity index is 2.53. The molecule has 1 fully saturated rings. The fraction of sp³-hybridized carbons (Fsp3) is 0.875. The largest absolute Gasteiger partial charge is 0.339 e. The van der Waals surface area contributed by atoms with Crippen molar-refractivity contribution in [2.24, 2.45) is 0 Å². The molecule has 1 amide bonds. The van der Waals surface area contributed by atoms with Crippen molar-refractivity contribution in [3.63, 3.8) is 0 Å². The molecule has 7 heteroatoms. The number of carbonyl (C=O) groups excluding carboxylic acids is 1. The minimum absolute atomic E-state index is 0.0168. The highest BCUT2D eigenvalue weighted by atomic mass is 79.9. The molecule has 0 N–H and O–H groups in total. The van der Waals surface area contributed by atoms with Crippen molar-refractivity contribution in [3.8, 4) is 0 Å². The maximum absolute atomic E-state index is 11.6. The molecule has 1 heterocycles. The van der Waals surface area contributed by atoms with Crippen LogP contribution in [0.5, 0.6) is 0 Å². The Kier molecular flexibility index (Phi) is 4.13. The highest BCUT2D eigenvalue weighted by molar-refractivity contribution is 9.10. The van der Waals surface area contributed by atoms with Gasteiger partial charge in [-0.1, -0.05) is 15.9 Å². The number of hydrogen-bond donors (Lipinski definition) is 0. The van der Waals surface area contributed by atoms with Gasteiger partial charge in [0.15, 0.2) is 0 Å². The van der Waals surface area contributed by atoms with Gasteiger partial charge in [0.2, 0.25) is 15.9 Å². The molecule has 0 aromatic rings. The monoisotopic (exact) mass is 298 g/mol. The van der Waals surface area contributed by atoms with Crippen LogP contribution in [-0.4, -0.2) is 60.8 Å². The van der Waals surface area contributed by atoms with Gasteiger partial charge in [-0.2, -0.15) is 4.31 Å². The Morgan fingerprint density at radius 2 is 1.73 bits per heavy atom. The number of halogens is 1. The third-order valence-electron chi connectivity index (χ3n) is 2.36. The van der Waals surface area contributed by atoms with E-state index >= 15 is 0 Å². The van der Waals surface area contributed by atoms with Gasteiger partial charge in [0, 0.05) is 26.2 Å². The molecule has 0 radical (unpaired) electrons. The Bertz CT molecular complexity index is 334. The smallest absolute Gasteiger partial charge is 0.236 e. The molecule has 1 aliphatic rings. The lowest BCUT2D eigenvalue weighted by molar-refractivity contribution is -0.131. The van der Waals surface area contributed by atoms with Crippen molar-refractivity contribution < 1.29 is 13.2 Å². The molecule has 1 rings (SSSR count). The predicted octanol–water partition coefficient (Wildman–Crippen LogP) is -0.126. The Morgan fingerprint density at radius 1 is 1.27 bits per heavy atom. The molecule has 0 aliphatic carbocycles. The molecule has 0 saturated carbocycles. The second kappa shape index (κ2) is 4.80. The van der Waals surface area contributed by atoms with Crippen LogP contribution in [0, 0.1) is 0 Å². The number of amides is 1. The third kappa shape index (κ3) is 3.42. The Hall–Kier alpha value is -0.140. The van der Waals surface area contributed by atoms with Crippen LogP contribution in [0.4, 0.5) is 0 Å². The SMILES string of the molecule is CC(Br)C(=O)N1CCN(S(C)(=O)=O)CC1. The molecule has 88 valence electrons. The molecule has 0 spiro atoms. The molecule has 0 bridgehead atoms. The average Bonchev–Trinajstić information content (AvgIpc) is 2.15. The number of hydrogen-bond acceptors (Lipinski definition) is 3. The number of sulfonamides is 1. The fourth-order valence-corrected chi connectivity index (χ4v) is 2.61. The van der Waals surface area contributed by atoms with Gasteiger partial charge in [0.25, 0.3) is 0 Å². The molecular formula is C8H15BrN2O3S. The summed E-state index contributed by atoms with van der Waals surface area (Å²) in [6, 6.07) is 0. The van der Waals surface area contributed by atoms with Gasteiger partial charge in [-0.05, 0) is 6.92 Å². The van der Waals surface area contributed by atoms with Gasteiger partial charge >= 0.3 is 0 Å². The standard InChI is InChI=1S/C8H15BrN2O3S/c1-7(9)8(12)10-3-5-11(6-4-10)15(2,13)14/h7H,3-6H2,1-2H3. The summed E-state index contributed by atoms with van der Waals surface area (Å²) in [6.45, 7) is 3.50. The van der Waals surface area contributed by atoms with Crippen molar-refractivity contribution in [3.05, 3.63) is 0 Å². The number of piperazine rings is 1. The van der Waals surface area contributed by atoms with Crippen LogP contribution in [0.15, 0.2) is 0 Å². The van der Waals surface area contributed by atoms with E-state index < -0.39 is 10.0 Å². The predicted molar refractivity (Wildman–Crippen MR) is 61.4 cm³/mol. The summed E-state index contributed by atoms with van der Waals surface area (Å²) < 4.78 is 23.8. The van der Waals surface area contributed by atoms with Crippen molar-refractivity contribution >= 4 is 31.9 Å². The van der Waals surface area contributed by atoms with Gasteiger partial charge in [0.1, 0.15) is 0 Å². The van der Waals surface area contributed by atoms with E-state index in [1.54, 1.807) is 11.8 Å². The van der Waals surface area contributed by atoms with Crippen molar-refractivity contribution in [1.82, 2.24) is 9.21 Å². The molecule has 15 heavy (non-hydrogen) atoms. The zero-order valence-corrected chi connectivity index (χ0v) is 11.2. The van der Waals surface area contributed by atoms with Crippen LogP contribution in [-0.2, 0) is 14.8 Å². The summed E-state index contributed by atoms with van der Waals surface area (Å²) in [5.41, 5.74) is 0. The van der Waals surface area contributed by atoms with E-state index in [9.17, 15) is 13.2 Å². The summed E-state index contributed by atoms with van der Waals surface area (Å²) in [7, 11) is -3.11. The number of nitrogens with zero attached hydrogens (tertiary/aromatic N) is 2. The summed E-state index contributed by atoms with van der Waals surface area (Å²) in [5, 5.41) is 0. The quantitative estimate of drug-likeness (QED) is 0.668. The molecule has 1 atom stereocenters. The minimum Gasteiger partial charge on any atom is -0.339 e. The molecule has 1 unspecified atom stereocenters. The second-order valence-corrected chi connectivity index (χ2v) is 6.96. The first-order valence-corrected chi connectivity index (χ1v) is 7.47. The lowest BCUT2D eigenvalue weighted by Crippen LogP contribution is -2.51. The first kappa shape index (κ1) is 12.9. The lowest BCUT2D eigenvalue weighted by Gasteiger charge is -2.33. The third-order valence-corrected chi connectivity index (χ3v) is 4.05. The molecule has 1 aliphatic heterocycles. The maximum atomic E-state index is 11.6. The highest BCUT2D eigenvalue weighted by Crippen LogP contribution is 2.10. The maximum Gasteiger partial charge on any atom is 0.236 e. The van der Waals surface area contributed by atoms with Crippen molar-refractivity contribution in [2.45, 2.75) is 11.8 Å². The second-order valence-electron chi connectivity index (χ2n) is 3.60. The first-order chi connectivity index (χ1) is 6.82. The molecule has 1 saturated heterocycles. The average molecular weight is 299 g/mol. The molecule has 0 aromatic heterocycles. The summed E-state index contributed by atoms with van der Waals surface area (Å²) in [4.78, 5) is 13.0. The zero-order chi connectivity index (χ0) is 11.6. The van der Waals surface area contributed by atoms with Gasteiger partial charge in [-0.3, -0.25) is 4.79 Å². The van der Waals surface area contributed by atoms with Gasteiger partial charge in [-0.25, -0.2) is 8.42 Å². The van der Waals surface area contributed by atoms with Gasteiger partial charge in [-0.15, -0.1) is 0 Å². The summed E-state index contributed by atoms with van der Waals surface area (Å²) in [6.07, 6.45) is 1.19. The van der Waals surface area contributed by atoms with E-state index in [1.807, 2.05) is 0 Å². The van der Waals surface area contributed by atoms with Crippen LogP contribution in [0.25, 0.3) is 0 Å².